The topological polar surface area (TPSA) is 52.0 Å². The molecule has 2 fully saturated rings. The number of nitrogens with zero attached hydrogens (tertiary/aromatic N) is 3. The summed E-state index contributed by atoms with van der Waals surface area (Å²) < 4.78 is 5.44. The van der Waals surface area contributed by atoms with Crippen LogP contribution < -0.4 is 5.32 Å². The van der Waals surface area contributed by atoms with E-state index in [1.807, 2.05) is 26.2 Å². The van der Waals surface area contributed by atoms with Gasteiger partial charge in [0.15, 0.2) is 0 Å². The maximum absolute atomic E-state index is 12.4. The molecule has 0 aliphatic carbocycles. The highest BCUT2D eigenvalue weighted by molar-refractivity contribution is 5.82. The zero-order chi connectivity index (χ0) is 16.4. The number of carbonyl (C=O) groups is 1. The Kier molecular flexibility index (Phi) is 5.04. The number of rotatable bonds is 6. The van der Waals surface area contributed by atoms with E-state index >= 15 is 0 Å². The van der Waals surface area contributed by atoms with Gasteiger partial charge in [-0.3, -0.25) is 14.6 Å². The molecule has 0 unspecified atom stereocenters. The minimum Gasteiger partial charge on any atom is -0.468 e. The summed E-state index contributed by atoms with van der Waals surface area (Å²) in [4.78, 5) is 19.2. The lowest BCUT2D eigenvalue weighted by Gasteiger charge is -2.26. The molecule has 0 spiro atoms. The molecule has 1 aromatic rings. The van der Waals surface area contributed by atoms with Crippen LogP contribution in [0.5, 0.6) is 0 Å². The van der Waals surface area contributed by atoms with Crippen LogP contribution in [-0.2, 0) is 11.3 Å². The second-order valence-electron chi connectivity index (χ2n) is 7.11. The number of likely N-dealkylation sites (tertiary alicyclic amines) is 2. The largest absolute Gasteiger partial charge is 0.468 e. The van der Waals surface area contributed by atoms with Gasteiger partial charge in [0.2, 0.25) is 5.91 Å². The summed E-state index contributed by atoms with van der Waals surface area (Å²) in [6.07, 6.45) is 2.69. The molecule has 128 valence electrons. The van der Waals surface area contributed by atoms with Gasteiger partial charge < -0.3 is 14.6 Å². The molecule has 0 aromatic carbocycles. The Labute approximate surface area is 138 Å². The van der Waals surface area contributed by atoms with E-state index in [2.05, 4.69) is 27.1 Å². The van der Waals surface area contributed by atoms with Gasteiger partial charge in [0.25, 0.3) is 0 Å². The second kappa shape index (κ2) is 7.03. The van der Waals surface area contributed by atoms with Crippen molar-refractivity contribution in [2.45, 2.75) is 25.0 Å². The number of hydrogen-bond acceptors (Lipinski definition) is 5. The maximum Gasteiger partial charge on any atom is 0.237 e. The number of carbonyl (C=O) groups excluding carboxylic acids is 1. The molecule has 0 saturated carbocycles. The molecular weight excluding hydrogens is 292 g/mol. The minimum absolute atomic E-state index is 0.0259. The van der Waals surface area contributed by atoms with Crippen LogP contribution in [-0.4, -0.2) is 80.0 Å². The van der Waals surface area contributed by atoms with Crippen LogP contribution in [0.2, 0.25) is 0 Å². The summed E-state index contributed by atoms with van der Waals surface area (Å²) in [5.41, 5.74) is 0. The van der Waals surface area contributed by atoms with Crippen LogP contribution in [0.1, 0.15) is 12.2 Å². The molecule has 2 saturated heterocycles. The van der Waals surface area contributed by atoms with Crippen molar-refractivity contribution < 1.29 is 9.21 Å². The highest BCUT2D eigenvalue weighted by Gasteiger charge is 2.46. The van der Waals surface area contributed by atoms with E-state index in [4.69, 9.17) is 4.42 Å². The quantitative estimate of drug-likeness (QED) is 0.825. The van der Waals surface area contributed by atoms with Crippen molar-refractivity contribution in [1.29, 1.82) is 0 Å². The minimum atomic E-state index is 0.0259. The Morgan fingerprint density at radius 3 is 2.91 bits per heavy atom. The van der Waals surface area contributed by atoms with Crippen molar-refractivity contribution >= 4 is 5.91 Å². The third-order valence-electron chi connectivity index (χ3n) is 5.14. The first-order chi connectivity index (χ1) is 11.0. The molecule has 23 heavy (non-hydrogen) atoms. The smallest absolute Gasteiger partial charge is 0.237 e. The number of likely N-dealkylation sites (N-methyl/N-ethyl adjacent to an activating group) is 2. The van der Waals surface area contributed by atoms with Gasteiger partial charge in [-0.15, -0.1) is 0 Å². The van der Waals surface area contributed by atoms with Crippen molar-refractivity contribution in [2.75, 3.05) is 47.3 Å². The fraction of sp³-hybridized carbons (Fsp3) is 0.706. The van der Waals surface area contributed by atoms with Crippen LogP contribution in [0.3, 0.4) is 0 Å². The van der Waals surface area contributed by atoms with Crippen molar-refractivity contribution in [1.82, 2.24) is 20.0 Å². The Bertz CT molecular complexity index is 517. The van der Waals surface area contributed by atoms with Gasteiger partial charge in [0.1, 0.15) is 5.76 Å². The van der Waals surface area contributed by atoms with E-state index in [0.717, 1.165) is 44.9 Å². The Morgan fingerprint density at radius 2 is 2.26 bits per heavy atom. The lowest BCUT2D eigenvalue weighted by atomic mass is 10.0. The molecule has 3 atom stereocenters. The molecule has 2 aliphatic heterocycles. The number of furan rings is 1. The lowest BCUT2D eigenvalue weighted by Crippen LogP contribution is -2.46. The summed E-state index contributed by atoms with van der Waals surface area (Å²) in [5, 5.41) is 3.07. The number of fused-ring (bicyclic) bond motifs is 1. The number of nitrogens with one attached hydrogen (secondary N) is 1. The standard InChI is InChI=1S/C17H28N4O2/c1-19(2)7-6-18-17(22)15-9-13-10-21(12-16(13)20(15)3)11-14-5-4-8-23-14/h4-5,8,13,15-16H,6-7,9-12H2,1-3H3,(H,18,22)/t13-,15-,16+/m0/s1. The molecular formula is C17H28N4O2. The van der Waals surface area contributed by atoms with E-state index < -0.39 is 0 Å². The van der Waals surface area contributed by atoms with Gasteiger partial charge in [-0.05, 0) is 45.6 Å². The first kappa shape index (κ1) is 16.5. The predicted octanol–water partition coefficient (Wildman–Crippen LogP) is 0.462. The molecule has 0 radical (unpaired) electrons. The van der Waals surface area contributed by atoms with Crippen LogP contribution in [0.4, 0.5) is 0 Å². The van der Waals surface area contributed by atoms with Crippen LogP contribution in [0.15, 0.2) is 22.8 Å². The first-order valence-electron chi connectivity index (χ1n) is 8.43. The predicted molar refractivity (Wildman–Crippen MR) is 89.0 cm³/mol. The molecule has 1 aromatic heterocycles. The molecule has 1 N–H and O–H groups in total. The fourth-order valence-electron chi connectivity index (χ4n) is 3.88. The zero-order valence-corrected chi connectivity index (χ0v) is 14.4. The van der Waals surface area contributed by atoms with Crippen molar-refractivity contribution in [3.05, 3.63) is 24.2 Å². The van der Waals surface area contributed by atoms with Gasteiger partial charge in [-0.1, -0.05) is 0 Å². The van der Waals surface area contributed by atoms with Gasteiger partial charge in [0, 0.05) is 32.2 Å². The molecule has 3 rings (SSSR count). The van der Waals surface area contributed by atoms with E-state index in [0.29, 0.717) is 12.0 Å². The van der Waals surface area contributed by atoms with Gasteiger partial charge in [-0.25, -0.2) is 0 Å². The normalized spacial score (nSPS) is 28.4. The van der Waals surface area contributed by atoms with Crippen LogP contribution in [0.25, 0.3) is 0 Å². The van der Waals surface area contributed by atoms with Crippen molar-refractivity contribution in [3.63, 3.8) is 0 Å². The Morgan fingerprint density at radius 1 is 1.43 bits per heavy atom. The average molecular weight is 320 g/mol. The fourth-order valence-corrected chi connectivity index (χ4v) is 3.88. The van der Waals surface area contributed by atoms with Crippen LogP contribution in [0, 0.1) is 5.92 Å². The summed E-state index contributed by atoms with van der Waals surface area (Å²) in [5.74, 6) is 1.78. The molecule has 6 heteroatoms. The maximum atomic E-state index is 12.4. The molecule has 0 bridgehead atoms. The molecule has 6 nitrogen and oxygen atoms in total. The number of hydrogen-bond donors (Lipinski definition) is 1. The van der Waals surface area contributed by atoms with E-state index in [9.17, 15) is 4.79 Å². The second-order valence-corrected chi connectivity index (χ2v) is 7.11. The van der Waals surface area contributed by atoms with Gasteiger partial charge in [-0.2, -0.15) is 0 Å². The Balaban J connectivity index is 1.49. The summed E-state index contributed by atoms with van der Waals surface area (Å²) in [6, 6.07) is 4.47. The lowest BCUT2D eigenvalue weighted by molar-refractivity contribution is -0.125. The van der Waals surface area contributed by atoms with Crippen LogP contribution >= 0.6 is 0 Å². The number of amides is 1. The van der Waals surface area contributed by atoms with Crippen molar-refractivity contribution in [3.8, 4) is 0 Å². The van der Waals surface area contributed by atoms with Gasteiger partial charge in [0.05, 0.1) is 18.8 Å². The summed E-state index contributed by atoms with van der Waals surface area (Å²) >= 11 is 0. The zero-order valence-electron chi connectivity index (χ0n) is 14.4. The van der Waals surface area contributed by atoms with E-state index in [1.54, 1.807) is 6.26 Å². The van der Waals surface area contributed by atoms with E-state index in [1.165, 1.54) is 0 Å². The molecule has 3 heterocycles. The summed E-state index contributed by atoms with van der Waals surface area (Å²) in [7, 11) is 6.13. The molecule has 1 amide bonds. The SMILES string of the molecule is CN(C)CCNC(=O)[C@@H]1C[C@H]2CN(Cc3ccco3)C[C@H]2N1C. The third-order valence-corrected chi connectivity index (χ3v) is 5.14. The highest BCUT2D eigenvalue weighted by atomic mass is 16.3. The van der Waals surface area contributed by atoms with Crippen molar-refractivity contribution in [2.24, 2.45) is 5.92 Å². The third kappa shape index (κ3) is 3.76. The van der Waals surface area contributed by atoms with Gasteiger partial charge >= 0.3 is 0 Å². The summed E-state index contributed by atoms with van der Waals surface area (Å²) in [6.45, 7) is 4.54. The first-order valence-corrected chi connectivity index (χ1v) is 8.43. The Hall–Kier alpha value is -1.37. The average Bonchev–Trinajstić information content (AvgIpc) is 3.18. The van der Waals surface area contributed by atoms with E-state index in [-0.39, 0.29) is 11.9 Å². The highest BCUT2D eigenvalue weighted by Crippen LogP contribution is 2.35. The molecule has 2 aliphatic rings. The monoisotopic (exact) mass is 320 g/mol.